The molecule has 0 bridgehead atoms. The van der Waals surface area contributed by atoms with E-state index in [1.54, 1.807) is 6.92 Å². The van der Waals surface area contributed by atoms with E-state index in [9.17, 15) is 8.42 Å². The van der Waals surface area contributed by atoms with Gasteiger partial charge in [0.25, 0.3) is 10.1 Å². The third-order valence-electron chi connectivity index (χ3n) is 1.02. The van der Waals surface area contributed by atoms with Gasteiger partial charge in [0, 0.05) is 0 Å². The van der Waals surface area contributed by atoms with Crippen molar-refractivity contribution in [3.63, 3.8) is 0 Å². The molecule has 0 fully saturated rings. The Bertz CT molecular complexity index is 200. The third-order valence-corrected chi connectivity index (χ3v) is 2.48. The molecule has 0 spiro atoms. The van der Waals surface area contributed by atoms with E-state index in [2.05, 4.69) is 4.18 Å². The van der Waals surface area contributed by atoms with Crippen LogP contribution in [0.3, 0.4) is 0 Å². The Kier molecular flexibility index (Phi) is 2.87. The van der Waals surface area contributed by atoms with Gasteiger partial charge in [-0.05, 0) is 13.8 Å². The van der Waals surface area contributed by atoms with Gasteiger partial charge in [0.1, 0.15) is 0 Å². The first kappa shape index (κ1) is 8.65. The summed E-state index contributed by atoms with van der Waals surface area (Å²) in [4.78, 5) is 0.241. The Morgan fingerprint density at radius 2 is 2.00 bits per heavy atom. The minimum atomic E-state index is -3.39. The Hall–Kier alpha value is -0.350. The molecule has 0 aromatic heterocycles. The summed E-state index contributed by atoms with van der Waals surface area (Å²) in [5, 5.41) is 0. The third kappa shape index (κ3) is 2.15. The first-order valence-electron chi connectivity index (χ1n) is 2.48. The van der Waals surface area contributed by atoms with Crippen LogP contribution in [0.1, 0.15) is 13.8 Å². The van der Waals surface area contributed by atoms with Crippen molar-refractivity contribution in [1.29, 1.82) is 0 Å². The Labute approximate surface area is 55.5 Å². The lowest BCUT2D eigenvalue weighted by molar-refractivity contribution is 0.403. The van der Waals surface area contributed by atoms with Gasteiger partial charge in [0.05, 0.1) is 12.0 Å². The predicted molar refractivity (Wildman–Crippen MR) is 35.4 cm³/mol. The molecule has 0 aliphatic carbocycles. The summed E-state index contributed by atoms with van der Waals surface area (Å²) in [5.74, 6) is 0. The Balaban J connectivity index is 4.57. The zero-order valence-corrected chi connectivity index (χ0v) is 6.53. The smallest absolute Gasteiger partial charge is 0.270 e. The molecular weight excluding hydrogens is 140 g/mol. The normalized spacial score (nSPS) is 13.9. The second-order valence-corrected chi connectivity index (χ2v) is 3.41. The van der Waals surface area contributed by atoms with Crippen molar-refractivity contribution in [3.05, 3.63) is 11.0 Å². The van der Waals surface area contributed by atoms with Crippen LogP contribution in [-0.2, 0) is 14.3 Å². The van der Waals surface area contributed by atoms with Gasteiger partial charge in [-0.3, -0.25) is 4.18 Å². The average Bonchev–Trinajstić information content (AvgIpc) is 1.86. The molecule has 0 saturated heterocycles. The van der Waals surface area contributed by atoms with E-state index in [0.717, 1.165) is 7.11 Å². The SMILES string of the molecule is CC=C(C)S(=O)(=O)OC. The van der Waals surface area contributed by atoms with E-state index < -0.39 is 10.1 Å². The molecule has 0 aliphatic rings. The van der Waals surface area contributed by atoms with Gasteiger partial charge < -0.3 is 0 Å². The second kappa shape index (κ2) is 2.98. The van der Waals surface area contributed by atoms with Gasteiger partial charge in [-0.25, -0.2) is 0 Å². The monoisotopic (exact) mass is 150 g/mol. The van der Waals surface area contributed by atoms with Crippen LogP contribution in [0.2, 0.25) is 0 Å². The van der Waals surface area contributed by atoms with Gasteiger partial charge in [-0.15, -0.1) is 0 Å². The fraction of sp³-hybridized carbons (Fsp3) is 0.600. The fourth-order valence-electron chi connectivity index (χ4n) is 0.276. The highest BCUT2D eigenvalue weighted by Crippen LogP contribution is 2.04. The summed E-state index contributed by atoms with van der Waals surface area (Å²) < 4.78 is 25.5. The summed E-state index contributed by atoms with van der Waals surface area (Å²) in [5.41, 5.74) is 0. The molecule has 0 aromatic carbocycles. The van der Waals surface area contributed by atoms with Crippen molar-refractivity contribution in [2.75, 3.05) is 7.11 Å². The maximum Gasteiger partial charge on any atom is 0.292 e. The molecular formula is C5H10O3S. The molecule has 4 heteroatoms. The van der Waals surface area contributed by atoms with Gasteiger partial charge in [0.2, 0.25) is 0 Å². The minimum Gasteiger partial charge on any atom is -0.270 e. The summed E-state index contributed by atoms with van der Waals surface area (Å²) in [6.45, 7) is 3.13. The zero-order chi connectivity index (χ0) is 7.49. The van der Waals surface area contributed by atoms with Crippen LogP contribution >= 0.6 is 0 Å². The van der Waals surface area contributed by atoms with Crippen LogP contribution in [0.25, 0.3) is 0 Å². The largest absolute Gasteiger partial charge is 0.292 e. The summed E-state index contributed by atoms with van der Waals surface area (Å²) in [6, 6.07) is 0. The average molecular weight is 150 g/mol. The van der Waals surface area contributed by atoms with Gasteiger partial charge >= 0.3 is 0 Å². The van der Waals surface area contributed by atoms with E-state index in [1.807, 2.05) is 0 Å². The van der Waals surface area contributed by atoms with Gasteiger partial charge in [-0.2, -0.15) is 8.42 Å². The van der Waals surface area contributed by atoms with Gasteiger partial charge in [0.15, 0.2) is 0 Å². The van der Waals surface area contributed by atoms with Crippen molar-refractivity contribution < 1.29 is 12.6 Å². The molecule has 9 heavy (non-hydrogen) atoms. The summed E-state index contributed by atoms with van der Waals surface area (Å²) in [7, 11) is -2.25. The quantitative estimate of drug-likeness (QED) is 0.549. The molecule has 0 N–H and O–H groups in total. The number of rotatable bonds is 2. The number of hydrogen-bond donors (Lipinski definition) is 0. The summed E-state index contributed by atoms with van der Waals surface area (Å²) >= 11 is 0. The first-order valence-corrected chi connectivity index (χ1v) is 3.89. The van der Waals surface area contributed by atoms with Crippen molar-refractivity contribution in [1.82, 2.24) is 0 Å². The molecule has 0 aromatic rings. The second-order valence-electron chi connectivity index (χ2n) is 1.52. The molecule has 0 unspecified atom stereocenters. The van der Waals surface area contributed by atoms with Crippen LogP contribution in [0, 0.1) is 0 Å². The zero-order valence-electron chi connectivity index (χ0n) is 5.71. The maximum atomic E-state index is 10.6. The van der Waals surface area contributed by atoms with Crippen molar-refractivity contribution in [2.24, 2.45) is 0 Å². The van der Waals surface area contributed by atoms with Crippen LogP contribution in [-0.4, -0.2) is 15.5 Å². The van der Waals surface area contributed by atoms with Crippen LogP contribution in [0.15, 0.2) is 11.0 Å². The molecule has 0 heterocycles. The molecule has 0 saturated carbocycles. The molecule has 0 atom stereocenters. The van der Waals surface area contributed by atoms with E-state index >= 15 is 0 Å². The minimum absolute atomic E-state index is 0.241. The van der Waals surface area contributed by atoms with E-state index in [0.29, 0.717) is 0 Å². The maximum absolute atomic E-state index is 10.6. The van der Waals surface area contributed by atoms with E-state index in [1.165, 1.54) is 13.0 Å². The number of hydrogen-bond acceptors (Lipinski definition) is 3. The van der Waals surface area contributed by atoms with Crippen molar-refractivity contribution >= 4 is 10.1 Å². The van der Waals surface area contributed by atoms with E-state index in [4.69, 9.17) is 0 Å². The van der Waals surface area contributed by atoms with Crippen molar-refractivity contribution in [3.8, 4) is 0 Å². The Morgan fingerprint density at radius 3 is 2.11 bits per heavy atom. The first-order chi connectivity index (χ1) is 4.04. The summed E-state index contributed by atoms with van der Waals surface area (Å²) in [6.07, 6.45) is 1.48. The molecule has 54 valence electrons. The number of allylic oxidation sites excluding steroid dienone is 2. The fourth-order valence-corrected chi connectivity index (χ4v) is 0.827. The highest BCUT2D eigenvalue weighted by Gasteiger charge is 2.08. The molecule has 0 amide bonds. The molecule has 0 aliphatic heterocycles. The molecule has 3 nitrogen and oxygen atoms in total. The highest BCUT2D eigenvalue weighted by atomic mass is 32.2. The Morgan fingerprint density at radius 1 is 1.56 bits per heavy atom. The van der Waals surface area contributed by atoms with Crippen LogP contribution < -0.4 is 0 Å². The molecule has 0 rings (SSSR count). The molecule has 0 radical (unpaired) electrons. The topological polar surface area (TPSA) is 43.4 Å². The van der Waals surface area contributed by atoms with Crippen LogP contribution in [0.5, 0.6) is 0 Å². The highest BCUT2D eigenvalue weighted by molar-refractivity contribution is 7.90. The lowest BCUT2D eigenvalue weighted by atomic mass is 10.6. The predicted octanol–water partition coefficient (Wildman–Crippen LogP) is 0.886. The van der Waals surface area contributed by atoms with Gasteiger partial charge in [-0.1, -0.05) is 6.08 Å². The van der Waals surface area contributed by atoms with E-state index in [-0.39, 0.29) is 4.91 Å². The van der Waals surface area contributed by atoms with Crippen molar-refractivity contribution in [2.45, 2.75) is 13.8 Å². The lowest BCUT2D eigenvalue weighted by Crippen LogP contribution is -2.02. The lowest BCUT2D eigenvalue weighted by Gasteiger charge is -1.97. The standard InChI is InChI=1S/C5H10O3S/c1-4-5(2)9(6,7)8-3/h4H,1-3H3. The van der Waals surface area contributed by atoms with Crippen LogP contribution in [0.4, 0.5) is 0 Å².